The highest BCUT2D eigenvalue weighted by atomic mass is 16.3. The van der Waals surface area contributed by atoms with Gasteiger partial charge in [-0.15, -0.1) is 0 Å². The largest absolute Gasteiger partial charge is 0.393 e. The summed E-state index contributed by atoms with van der Waals surface area (Å²) < 4.78 is 0. The number of rotatable bonds is 5. The third-order valence-electron chi connectivity index (χ3n) is 1.96. The van der Waals surface area contributed by atoms with Gasteiger partial charge in [-0.1, -0.05) is 18.6 Å². The molecule has 0 amide bonds. The van der Waals surface area contributed by atoms with E-state index in [2.05, 4.69) is 26.8 Å². The maximum Gasteiger partial charge on any atom is 0.0514 e. The van der Waals surface area contributed by atoms with Gasteiger partial charge in [0.1, 0.15) is 0 Å². The molecule has 12 heavy (non-hydrogen) atoms. The zero-order valence-corrected chi connectivity index (χ0v) is 8.80. The predicted octanol–water partition coefficient (Wildman–Crippen LogP) is 3.14. The molecule has 0 heterocycles. The molecule has 1 heteroatoms. The quantitative estimate of drug-likeness (QED) is 0.628. The van der Waals surface area contributed by atoms with Gasteiger partial charge in [0.25, 0.3) is 0 Å². The van der Waals surface area contributed by atoms with E-state index in [9.17, 15) is 0 Å². The summed E-state index contributed by atoms with van der Waals surface area (Å²) >= 11 is 0. The first-order valence-electron chi connectivity index (χ1n) is 4.83. The molecule has 0 radical (unpaired) electrons. The Kier molecular flexibility index (Phi) is 6.09. The molecule has 0 unspecified atom stereocenters. The molecule has 0 rings (SSSR count). The summed E-state index contributed by atoms with van der Waals surface area (Å²) in [4.78, 5) is 0. The van der Waals surface area contributed by atoms with Gasteiger partial charge < -0.3 is 5.11 Å². The van der Waals surface area contributed by atoms with E-state index in [0.717, 1.165) is 12.8 Å². The maximum absolute atomic E-state index is 9.12. The molecule has 0 aliphatic rings. The minimum absolute atomic E-state index is 0.147. The first kappa shape index (κ1) is 11.7. The monoisotopic (exact) mass is 170 g/mol. The topological polar surface area (TPSA) is 20.2 Å². The molecule has 0 spiro atoms. The van der Waals surface area contributed by atoms with Gasteiger partial charge in [0, 0.05) is 0 Å². The molecule has 0 aromatic heterocycles. The van der Waals surface area contributed by atoms with E-state index in [4.69, 9.17) is 5.11 Å². The van der Waals surface area contributed by atoms with Crippen LogP contribution in [0.4, 0.5) is 0 Å². The highest BCUT2D eigenvalue weighted by Gasteiger charge is 2.04. The third-order valence-corrected chi connectivity index (χ3v) is 1.96. The smallest absolute Gasteiger partial charge is 0.0514 e. The minimum Gasteiger partial charge on any atom is -0.393 e. The average molecular weight is 170 g/mol. The lowest BCUT2D eigenvalue weighted by Gasteiger charge is -2.11. The Morgan fingerprint density at radius 2 is 1.92 bits per heavy atom. The van der Waals surface area contributed by atoms with Crippen molar-refractivity contribution in [2.24, 2.45) is 5.92 Å². The van der Waals surface area contributed by atoms with Gasteiger partial charge in [-0.25, -0.2) is 0 Å². The molecule has 0 aliphatic carbocycles. The average Bonchev–Trinajstić information content (AvgIpc) is 1.84. The summed E-state index contributed by atoms with van der Waals surface area (Å²) in [5, 5.41) is 9.12. The lowest BCUT2D eigenvalue weighted by Crippen LogP contribution is -2.06. The first-order chi connectivity index (χ1) is 5.52. The summed E-state index contributed by atoms with van der Waals surface area (Å²) in [5.41, 5.74) is 1.39. The van der Waals surface area contributed by atoms with Crippen molar-refractivity contribution >= 4 is 0 Å². The normalized spacial score (nSPS) is 15.4. The molecule has 0 aromatic rings. The van der Waals surface area contributed by atoms with Crippen molar-refractivity contribution in [3.8, 4) is 0 Å². The highest BCUT2D eigenvalue weighted by Crippen LogP contribution is 2.13. The number of hydrogen-bond donors (Lipinski definition) is 1. The molecule has 1 N–H and O–H groups in total. The molecular formula is C11H22O. The van der Waals surface area contributed by atoms with Crippen LogP contribution >= 0.6 is 0 Å². The van der Waals surface area contributed by atoms with Crippen molar-refractivity contribution in [2.45, 2.75) is 53.1 Å². The fraction of sp³-hybridized carbons (Fsp3) is 0.818. The molecule has 1 nitrogen and oxygen atoms in total. The van der Waals surface area contributed by atoms with Gasteiger partial charge in [-0.2, -0.15) is 0 Å². The standard InChI is InChI=1S/C11H22O/c1-9(2)6-5-7-10(3)8-11(4)12/h6,10-12H,5,7-8H2,1-4H3/t10-,11-/m1/s1. The van der Waals surface area contributed by atoms with Crippen LogP contribution in [-0.4, -0.2) is 11.2 Å². The van der Waals surface area contributed by atoms with E-state index < -0.39 is 0 Å². The van der Waals surface area contributed by atoms with E-state index in [0.29, 0.717) is 5.92 Å². The van der Waals surface area contributed by atoms with Crippen LogP contribution in [0.5, 0.6) is 0 Å². The van der Waals surface area contributed by atoms with Crippen molar-refractivity contribution in [3.05, 3.63) is 11.6 Å². The van der Waals surface area contributed by atoms with Crippen LogP contribution in [0.25, 0.3) is 0 Å². The van der Waals surface area contributed by atoms with Crippen LogP contribution in [0.1, 0.15) is 47.0 Å². The number of aliphatic hydroxyl groups is 1. The Balaban J connectivity index is 3.44. The molecule has 0 aromatic carbocycles. The molecule has 0 fully saturated rings. The Morgan fingerprint density at radius 3 is 2.33 bits per heavy atom. The van der Waals surface area contributed by atoms with Gasteiger partial charge in [0.2, 0.25) is 0 Å². The lowest BCUT2D eigenvalue weighted by molar-refractivity contribution is 0.162. The van der Waals surface area contributed by atoms with Crippen molar-refractivity contribution < 1.29 is 5.11 Å². The maximum atomic E-state index is 9.12. The van der Waals surface area contributed by atoms with Crippen molar-refractivity contribution in [1.29, 1.82) is 0 Å². The molecular weight excluding hydrogens is 148 g/mol. The Bertz CT molecular complexity index is 132. The van der Waals surface area contributed by atoms with E-state index in [1.807, 2.05) is 6.92 Å². The Hall–Kier alpha value is -0.300. The van der Waals surface area contributed by atoms with E-state index in [-0.39, 0.29) is 6.10 Å². The van der Waals surface area contributed by atoms with Crippen LogP contribution in [-0.2, 0) is 0 Å². The van der Waals surface area contributed by atoms with Crippen LogP contribution < -0.4 is 0 Å². The molecule has 2 atom stereocenters. The van der Waals surface area contributed by atoms with Gasteiger partial charge in [-0.05, 0) is 46.0 Å². The number of aliphatic hydroxyl groups excluding tert-OH is 1. The highest BCUT2D eigenvalue weighted by molar-refractivity contribution is 4.92. The zero-order valence-electron chi connectivity index (χ0n) is 8.80. The molecule has 0 aliphatic heterocycles. The molecule has 0 bridgehead atoms. The lowest BCUT2D eigenvalue weighted by atomic mass is 9.98. The van der Waals surface area contributed by atoms with Crippen LogP contribution in [0.2, 0.25) is 0 Å². The van der Waals surface area contributed by atoms with Crippen molar-refractivity contribution in [2.75, 3.05) is 0 Å². The SMILES string of the molecule is CC(C)=CCC[C@@H](C)C[C@@H](C)O. The molecule has 72 valence electrons. The second kappa shape index (κ2) is 6.24. The summed E-state index contributed by atoms with van der Waals surface area (Å²) in [6.45, 7) is 8.31. The van der Waals surface area contributed by atoms with Gasteiger partial charge in [0.05, 0.1) is 6.10 Å². The zero-order chi connectivity index (χ0) is 9.56. The number of allylic oxidation sites excluding steroid dienone is 2. The summed E-state index contributed by atoms with van der Waals surface area (Å²) in [5.74, 6) is 0.639. The second-order valence-corrected chi connectivity index (χ2v) is 4.05. The Morgan fingerprint density at radius 1 is 1.33 bits per heavy atom. The van der Waals surface area contributed by atoms with Gasteiger partial charge in [-0.3, -0.25) is 0 Å². The fourth-order valence-electron chi connectivity index (χ4n) is 1.36. The van der Waals surface area contributed by atoms with Gasteiger partial charge in [0.15, 0.2) is 0 Å². The minimum atomic E-state index is -0.147. The van der Waals surface area contributed by atoms with E-state index >= 15 is 0 Å². The predicted molar refractivity (Wildman–Crippen MR) is 54.1 cm³/mol. The Labute approximate surface area is 76.5 Å². The third kappa shape index (κ3) is 7.80. The van der Waals surface area contributed by atoms with Gasteiger partial charge >= 0.3 is 0 Å². The van der Waals surface area contributed by atoms with Crippen LogP contribution in [0.15, 0.2) is 11.6 Å². The summed E-state index contributed by atoms with van der Waals surface area (Å²) in [6.07, 6.45) is 5.38. The molecule has 0 saturated heterocycles. The second-order valence-electron chi connectivity index (χ2n) is 4.05. The molecule has 0 saturated carbocycles. The van der Waals surface area contributed by atoms with Crippen molar-refractivity contribution in [3.63, 3.8) is 0 Å². The van der Waals surface area contributed by atoms with E-state index in [1.165, 1.54) is 12.0 Å². The fourth-order valence-corrected chi connectivity index (χ4v) is 1.36. The van der Waals surface area contributed by atoms with E-state index in [1.54, 1.807) is 0 Å². The van der Waals surface area contributed by atoms with Crippen LogP contribution in [0, 0.1) is 5.92 Å². The first-order valence-corrected chi connectivity index (χ1v) is 4.83. The number of hydrogen-bond acceptors (Lipinski definition) is 1. The summed E-state index contributed by atoms with van der Waals surface area (Å²) in [6, 6.07) is 0. The van der Waals surface area contributed by atoms with Crippen molar-refractivity contribution in [1.82, 2.24) is 0 Å². The van der Waals surface area contributed by atoms with Crippen LogP contribution in [0.3, 0.4) is 0 Å². The summed E-state index contributed by atoms with van der Waals surface area (Å²) in [7, 11) is 0.